The fourth-order valence-corrected chi connectivity index (χ4v) is 2.48. The Morgan fingerprint density at radius 1 is 0.476 bits per heavy atom. The van der Waals surface area contributed by atoms with E-state index in [1.807, 2.05) is 0 Å². The largest absolute Gasteiger partial charge is 0.0616 e. The highest BCUT2D eigenvalue weighted by Gasteiger charge is 1.97. The third-order valence-electron chi connectivity index (χ3n) is 4.34. The Morgan fingerprint density at radius 2 is 1.00 bits per heavy atom. The molecule has 0 N–H and O–H groups in total. The van der Waals surface area contributed by atoms with Gasteiger partial charge in [0.25, 0.3) is 0 Å². The molecule has 3 aromatic rings. The Labute approximate surface area is 128 Å². The Kier molecular flexibility index (Phi) is 4.80. The van der Waals surface area contributed by atoms with Crippen LogP contribution in [0.2, 0.25) is 0 Å². The number of rotatable bonds is 0. The van der Waals surface area contributed by atoms with Crippen molar-refractivity contribution in [2.75, 3.05) is 0 Å². The molecule has 0 heterocycles. The summed E-state index contributed by atoms with van der Waals surface area (Å²) in [6, 6.07) is 19.2. The number of fused-ring (bicyclic) bond motifs is 1. The minimum Gasteiger partial charge on any atom is -0.0616 e. The fraction of sp³-hybridized carbons (Fsp3) is 0.238. The molecule has 0 unspecified atom stereocenters. The van der Waals surface area contributed by atoms with E-state index in [0.29, 0.717) is 0 Å². The topological polar surface area (TPSA) is 0 Å². The molecule has 0 heteroatoms. The normalized spacial score (nSPS) is 10.1. The first-order valence-corrected chi connectivity index (χ1v) is 7.48. The second-order valence-corrected chi connectivity index (χ2v) is 5.75. The van der Waals surface area contributed by atoms with E-state index in [-0.39, 0.29) is 0 Å². The van der Waals surface area contributed by atoms with Crippen molar-refractivity contribution in [3.8, 4) is 0 Å². The molecule has 0 atom stereocenters. The smallest absolute Gasteiger partial charge is 0.0155 e. The molecule has 0 amide bonds. The Bertz CT molecular complexity index is 719. The van der Waals surface area contributed by atoms with Crippen LogP contribution in [0.4, 0.5) is 0 Å². The molecule has 108 valence electrons. The van der Waals surface area contributed by atoms with Gasteiger partial charge in [0.15, 0.2) is 0 Å². The maximum absolute atomic E-state index is 2.18. The summed E-state index contributed by atoms with van der Waals surface area (Å²) in [5, 5.41) is 2.68. The number of benzene rings is 3. The van der Waals surface area contributed by atoms with Crippen molar-refractivity contribution >= 4 is 10.8 Å². The zero-order valence-electron chi connectivity index (χ0n) is 13.7. The van der Waals surface area contributed by atoms with Crippen molar-refractivity contribution in [2.45, 2.75) is 34.6 Å². The maximum Gasteiger partial charge on any atom is -0.0155 e. The average Bonchev–Trinajstić information content (AvgIpc) is 2.50. The molecule has 0 aromatic heterocycles. The van der Waals surface area contributed by atoms with Gasteiger partial charge in [0.05, 0.1) is 0 Å². The first-order valence-electron chi connectivity index (χ1n) is 7.48. The van der Waals surface area contributed by atoms with Gasteiger partial charge in [0.2, 0.25) is 0 Å². The predicted octanol–water partition coefficient (Wildman–Crippen LogP) is 6.07. The summed E-state index contributed by atoms with van der Waals surface area (Å²) in [5.41, 5.74) is 6.99. The van der Waals surface area contributed by atoms with Crippen molar-refractivity contribution < 1.29 is 0 Å². The van der Waals surface area contributed by atoms with Gasteiger partial charge in [-0.25, -0.2) is 0 Å². The van der Waals surface area contributed by atoms with Crippen molar-refractivity contribution in [2.24, 2.45) is 0 Å². The summed E-state index contributed by atoms with van der Waals surface area (Å²) < 4.78 is 0. The standard InChI is InChI=1S/C11H10.C10H14/c1-9-5-4-7-10-6-2-3-8-11(9)10;1-7-5-6-8(2)10(4)9(7)3/h2-8H,1H3;5-6H,1-4H3. The van der Waals surface area contributed by atoms with Crippen LogP contribution in [-0.2, 0) is 0 Å². The van der Waals surface area contributed by atoms with Crippen LogP contribution in [0.1, 0.15) is 27.8 Å². The van der Waals surface area contributed by atoms with Crippen molar-refractivity contribution in [3.05, 3.63) is 82.4 Å². The molecule has 0 fully saturated rings. The summed E-state index contributed by atoms with van der Waals surface area (Å²) in [6.45, 7) is 10.8. The molecule has 0 spiro atoms. The highest BCUT2D eigenvalue weighted by Crippen LogP contribution is 2.17. The lowest BCUT2D eigenvalue weighted by molar-refractivity contribution is 1.22. The van der Waals surface area contributed by atoms with Gasteiger partial charge in [-0.2, -0.15) is 0 Å². The van der Waals surface area contributed by atoms with Gasteiger partial charge in [-0.15, -0.1) is 0 Å². The van der Waals surface area contributed by atoms with E-state index in [2.05, 4.69) is 89.2 Å². The lowest BCUT2D eigenvalue weighted by Gasteiger charge is -2.06. The maximum atomic E-state index is 2.18. The van der Waals surface area contributed by atoms with Crippen LogP contribution in [0.3, 0.4) is 0 Å². The monoisotopic (exact) mass is 276 g/mol. The first-order chi connectivity index (χ1) is 10.0. The van der Waals surface area contributed by atoms with E-state index < -0.39 is 0 Å². The van der Waals surface area contributed by atoms with Gasteiger partial charge in [-0.3, -0.25) is 0 Å². The van der Waals surface area contributed by atoms with Gasteiger partial charge in [0, 0.05) is 0 Å². The minimum absolute atomic E-state index is 1.33. The fourth-order valence-electron chi connectivity index (χ4n) is 2.48. The van der Waals surface area contributed by atoms with Gasteiger partial charge in [0.1, 0.15) is 0 Å². The van der Waals surface area contributed by atoms with E-state index in [1.165, 1.54) is 38.6 Å². The van der Waals surface area contributed by atoms with E-state index in [4.69, 9.17) is 0 Å². The second kappa shape index (κ2) is 6.58. The highest BCUT2D eigenvalue weighted by atomic mass is 14.0. The van der Waals surface area contributed by atoms with Crippen molar-refractivity contribution in [1.82, 2.24) is 0 Å². The summed E-state index contributed by atoms with van der Waals surface area (Å²) in [7, 11) is 0. The molecule has 21 heavy (non-hydrogen) atoms. The van der Waals surface area contributed by atoms with Crippen LogP contribution in [0.5, 0.6) is 0 Å². The Morgan fingerprint density at radius 3 is 1.57 bits per heavy atom. The van der Waals surface area contributed by atoms with E-state index in [9.17, 15) is 0 Å². The molecule has 0 aliphatic rings. The molecule has 0 aliphatic heterocycles. The quantitative estimate of drug-likeness (QED) is 0.467. The van der Waals surface area contributed by atoms with Crippen LogP contribution in [0, 0.1) is 34.6 Å². The molecule has 0 saturated heterocycles. The lowest BCUT2D eigenvalue weighted by atomic mass is 10.0. The molecular formula is C21H24. The molecule has 3 rings (SSSR count). The molecule has 3 aromatic carbocycles. The number of aryl methyl sites for hydroxylation is 3. The Hall–Kier alpha value is -2.08. The second-order valence-electron chi connectivity index (χ2n) is 5.75. The van der Waals surface area contributed by atoms with Gasteiger partial charge in [-0.05, 0) is 73.2 Å². The first kappa shape index (κ1) is 15.3. The third-order valence-corrected chi connectivity index (χ3v) is 4.34. The minimum atomic E-state index is 1.33. The number of hydrogen-bond acceptors (Lipinski definition) is 0. The Balaban J connectivity index is 0.000000155. The van der Waals surface area contributed by atoms with Crippen LogP contribution in [-0.4, -0.2) is 0 Å². The summed E-state index contributed by atoms with van der Waals surface area (Å²) >= 11 is 0. The van der Waals surface area contributed by atoms with Crippen LogP contribution in [0.15, 0.2) is 54.6 Å². The zero-order valence-corrected chi connectivity index (χ0v) is 13.7. The van der Waals surface area contributed by atoms with Crippen LogP contribution < -0.4 is 0 Å². The lowest BCUT2D eigenvalue weighted by Crippen LogP contribution is -1.88. The van der Waals surface area contributed by atoms with E-state index in [1.54, 1.807) is 0 Å². The third kappa shape index (κ3) is 3.52. The predicted molar refractivity (Wildman–Crippen MR) is 94.1 cm³/mol. The number of hydrogen-bond donors (Lipinski definition) is 0. The molecule has 0 bridgehead atoms. The average molecular weight is 276 g/mol. The summed E-state index contributed by atoms with van der Waals surface area (Å²) in [4.78, 5) is 0. The SMILES string of the molecule is Cc1ccc(C)c(C)c1C.Cc1cccc2ccccc12. The van der Waals surface area contributed by atoms with E-state index >= 15 is 0 Å². The highest BCUT2D eigenvalue weighted by molar-refractivity contribution is 5.85. The molecule has 0 radical (unpaired) electrons. The molecular weight excluding hydrogens is 252 g/mol. The van der Waals surface area contributed by atoms with Gasteiger partial charge in [-0.1, -0.05) is 54.6 Å². The summed E-state index contributed by atoms with van der Waals surface area (Å²) in [5.74, 6) is 0. The van der Waals surface area contributed by atoms with Gasteiger partial charge >= 0.3 is 0 Å². The zero-order chi connectivity index (χ0) is 15.4. The van der Waals surface area contributed by atoms with Crippen molar-refractivity contribution in [1.29, 1.82) is 0 Å². The van der Waals surface area contributed by atoms with Crippen LogP contribution in [0.25, 0.3) is 10.8 Å². The molecule has 0 saturated carbocycles. The molecule has 0 nitrogen and oxygen atoms in total. The van der Waals surface area contributed by atoms with E-state index in [0.717, 1.165) is 0 Å². The van der Waals surface area contributed by atoms with Crippen LogP contribution >= 0.6 is 0 Å². The molecule has 0 aliphatic carbocycles. The summed E-state index contributed by atoms with van der Waals surface area (Å²) in [6.07, 6.45) is 0. The van der Waals surface area contributed by atoms with Gasteiger partial charge < -0.3 is 0 Å². The van der Waals surface area contributed by atoms with Crippen molar-refractivity contribution in [3.63, 3.8) is 0 Å².